The fourth-order valence-corrected chi connectivity index (χ4v) is 0.811. The van der Waals surface area contributed by atoms with E-state index in [1.54, 1.807) is 13.8 Å². The van der Waals surface area contributed by atoms with E-state index in [1.165, 1.54) is 0 Å². The van der Waals surface area contributed by atoms with Crippen molar-refractivity contribution in [1.29, 1.82) is 0 Å². The van der Waals surface area contributed by atoms with Crippen molar-refractivity contribution in [2.24, 2.45) is 17.6 Å². The molecule has 0 radical (unpaired) electrons. The molecule has 0 aromatic heterocycles. The Bertz CT molecular complexity index is 177. The fraction of sp³-hybridized carbons (Fsp3) is 0.875. The van der Waals surface area contributed by atoms with E-state index in [2.05, 4.69) is 0 Å². The van der Waals surface area contributed by atoms with Gasteiger partial charge in [0, 0.05) is 18.9 Å². The average Bonchev–Trinajstić information content (AvgIpc) is 1.96. The van der Waals surface area contributed by atoms with Gasteiger partial charge in [0.25, 0.3) is 0 Å². The van der Waals surface area contributed by atoms with Crippen LogP contribution in [0.4, 0.5) is 13.2 Å². The summed E-state index contributed by atoms with van der Waals surface area (Å²) in [5.74, 6) is -2.45. The van der Waals surface area contributed by atoms with E-state index in [4.69, 9.17) is 5.73 Å². The maximum Gasteiger partial charge on any atom is 0.393 e. The van der Waals surface area contributed by atoms with Crippen molar-refractivity contribution < 1.29 is 18.0 Å². The van der Waals surface area contributed by atoms with E-state index in [9.17, 15) is 18.0 Å². The van der Waals surface area contributed by atoms with Crippen molar-refractivity contribution >= 4 is 5.78 Å². The maximum atomic E-state index is 12.1. The predicted molar refractivity (Wildman–Crippen MR) is 43.1 cm³/mol. The van der Waals surface area contributed by atoms with Gasteiger partial charge in [-0.3, -0.25) is 4.79 Å². The number of carbonyl (C=O) groups excluding carboxylic acids is 1. The standard InChI is InChI=1S/C8H14F3NO/c1-5(2)7(13)3-6(4-12)8(9,10)11/h5-6H,3-4,12H2,1-2H3. The highest BCUT2D eigenvalue weighted by Crippen LogP contribution is 2.28. The highest BCUT2D eigenvalue weighted by Gasteiger charge is 2.39. The van der Waals surface area contributed by atoms with Gasteiger partial charge in [-0.2, -0.15) is 13.2 Å². The van der Waals surface area contributed by atoms with Gasteiger partial charge < -0.3 is 5.73 Å². The van der Waals surface area contributed by atoms with Gasteiger partial charge >= 0.3 is 6.18 Å². The molecule has 78 valence electrons. The summed E-state index contributed by atoms with van der Waals surface area (Å²) in [4.78, 5) is 11.0. The fourth-order valence-electron chi connectivity index (χ4n) is 0.811. The van der Waals surface area contributed by atoms with Crippen LogP contribution in [-0.2, 0) is 4.79 Å². The largest absolute Gasteiger partial charge is 0.393 e. The number of Topliss-reactive ketones (excluding diaryl/α,β-unsaturated/α-hetero) is 1. The molecular formula is C8H14F3NO. The number of carbonyl (C=O) groups is 1. The number of ketones is 1. The first-order valence-electron chi connectivity index (χ1n) is 4.08. The summed E-state index contributed by atoms with van der Waals surface area (Å²) in [6.45, 7) is 2.63. The monoisotopic (exact) mass is 197 g/mol. The summed E-state index contributed by atoms with van der Waals surface area (Å²) in [5.41, 5.74) is 4.94. The molecule has 0 saturated heterocycles. The van der Waals surface area contributed by atoms with Crippen molar-refractivity contribution in [3.8, 4) is 0 Å². The Kier molecular flexibility index (Phi) is 4.39. The summed E-state index contributed by atoms with van der Waals surface area (Å²) in [7, 11) is 0. The molecule has 0 rings (SSSR count). The molecule has 13 heavy (non-hydrogen) atoms. The minimum atomic E-state index is -4.36. The zero-order valence-electron chi connectivity index (χ0n) is 7.69. The smallest absolute Gasteiger partial charge is 0.330 e. The normalized spacial score (nSPS) is 14.7. The maximum absolute atomic E-state index is 12.1. The van der Waals surface area contributed by atoms with Crippen LogP contribution in [0.2, 0.25) is 0 Å². The summed E-state index contributed by atoms with van der Waals surface area (Å²) in [6.07, 6.45) is -4.86. The number of alkyl halides is 3. The Balaban J connectivity index is 4.22. The molecule has 0 heterocycles. The zero-order valence-corrected chi connectivity index (χ0v) is 7.69. The third-order valence-electron chi connectivity index (χ3n) is 1.84. The van der Waals surface area contributed by atoms with Gasteiger partial charge in [-0.25, -0.2) is 0 Å². The summed E-state index contributed by atoms with van der Waals surface area (Å²) < 4.78 is 36.3. The summed E-state index contributed by atoms with van der Waals surface area (Å²) in [6, 6.07) is 0. The average molecular weight is 197 g/mol. The molecule has 0 aromatic carbocycles. The molecule has 0 aliphatic rings. The molecule has 2 nitrogen and oxygen atoms in total. The van der Waals surface area contributed by atoms with Gasteiger partial charge in [-0.1, -0.05) is 13.8 Å². The van der Waals surface area contributed by atoms with Gasteiger partial charge in [-0.15, -0.1) is 0 Å². The van der Waals surface area contributed by atoms with E-state index < -0.39 is 30.8 Å². The Morgan fingerprint density at radius 1 is 1.38 bits per heavy atom. The molecule has 1 unspecified atom stereocenters. The van der Waals surface area contributed by atoms with Crippen molar-refractivity contribution in [2.75, 3.05) is 6.54 Å². The first kappa shape index (κ1) is 12.4. The highest BCUT2D eigenvalue weighted by molar-refractivity contribution is 5.80. The second kappa shape index (κ2) is 4.60. The van der Waals surface area contributed by atoms with Crippen LogP contribution < -0.4 is 5.73 Å². The van der Waals surface area contributed by atoms with Crippen molar-refractivity contribution in [3.63, 3.8) is 0 Å². The number of rotatable bonds is 4. The lowest BCUT2D eigenvalue weighted by Crippen LogP contribution is -2.33. The number of nitrogens with two attached hydrogens (primary N) is 1. The Hall–Kier alpha value is -0.580. The molecule has 0 aliphatic heterocycles. The van der Waals surface area contributed by atoms with Crippen LogP contribution in [0.25, 0.3) is 0 Å². The van der Waals surface area contributed by atoms with E-state index in [0.29, 0.717) is 0 Å². The Labute approximate surface area is 75.3 Å². The lowest BCUT2D eigenvalue weighted by Gasteiger charge is -2.18. The minimum absolute atomic E-state index is 0.364. The van der Waals surface area contributed by atoms with Crippen LogP contribution in [0, 0.1) is 11.8 Å². The van der Waals surface area contributed by atoms with E-state index in [1.807, 2.05) is 0 Å². The van der Waals surface area contributed by atoms with Gasteiger partial charge in [-0.05, 0) is 0 Å². The van der Waals surface area contributed by atoms with Crippen LogP contribution in [0.15, 0.2) is 0 Å². The molecule has 0 saturated carbocycles. The predicted octanol–water partition coefficient (Wildman–Crippen LogP) is 1.74. The number of halogens is 3. The van der Waals surface area contributed by atoms with Crippen LogP contribution in [0.3, 0.4) is 0 Å². The lowest BCUT2D eigenvalue weighted by molar-refractivity contribution is -0.176. The Morgan fingerprint density at radius 2 is 1.85 bits per heavy atom. The molecular weight excluding hydrogens is 183 g/mol. The van der Waals surface area contributed by atoms with Crippen LogP contribution in [0.5, 0.6) is 0 Å². The highest BCUT2D eigenvalue weighted by atomic mass is 19.4. The minimum Gasteiger partial charge on any atom is -0.330 e. The second-order valence-corrected chi connectivity index (χ2v) is 3.30. The van der Waals surface area contributed by atoms with E-state index in [0.717, 1.165) is 0 Å². The van der Waals surface area contributed by atoms with Crippen molar-refractivity contribution in [2.45, 2.75) is 26.4 Å². The van der Waals surface area contributed by atoms with Gasteiger partial charge in [0.05, 0.1) is 5.92 Å². The molecule has 0 aromatic rings. The molecule has 0 spiro atoms. The quantitative estimate of drug-likeness (QED) is 0.745. The Morgan fingerprint density at radius 3 is 2.08 bits per heavy atom. The molecule has 1 atom stereocenters. The van der Waals surface area contributed by atoms with Crippen LogP contribution >= 0.6 is 0 Å². The van der Waals surface area contributed by atoms with Crippen LogP contribution in [-0.4, -0.2) is 18.5 Å². The summed E-state index contributed by atoms with van der Waals surface area (Å²) in [5, 5.41) is 0. The molecule has 2 N–H and O–H groups in total. The van der Waals surface area contributed by atoms with Crippen molar-refractivity contribution in [3.05, 3.63) is 0 Å². The SMILES string of the molecule is CC(C)C(=O)CC(CN)C(F)(F)F. The molecule has 0 amide bonds. The van der Waals surface area contributed by atoms with Crippen molar-refractivity contribution in [1.82, 2.24) is 0 Å². The topological polar surface area (TPSA) is 43.1 Å². The third-order valence-corrected chi connectivity index (χ3v) is 1.84. The molecule has 5 heteroatoms. The van der Waals surface area contributed by atoms with Gasteiger partial charge in [0.2, 0.25) is 0 Å². The first-order valence-corrected chi connectivity index (χ1v) is 4.08. The van der Waals surface area contributed by atoms with Crippen LogP contribution in [0.1, 0.15) is 20.3 Å². The second-order valence-electron chi connectivity index (χ2n) is 3.30. The third kappa shape index (κ3) is 4.26. The summed E-state index contributed by atoms with van der Waals surface area (Å²) >= 11 is 0. The number of hydrogen-bond acceptors (Lipinski definition) is 2. The first-order chi connectivity index (χ1) is 5.79. The van der Waals surface area contributed by atoms with Gasteiger partial charge in [0.15, 0.2) is 0 Å². The van der Waals surface area contributed by atoms with E-state index in [-0.39, 0.29) is 5.92 Å². The zero-order chi connectivity index (χ0) is 10.6. The molecule has 0 fully saturated rings. The number of hydrogen-bond donors (Lipinski definition) is 1. The van der Waals surface area contributed by atoms with E-state index >= 15 is 0 Å². The molecule has 0 aliphatic carbocycles. The molecule has 0 bridgehead atoms. The lowest BCUT2D eigenvalue weighted by atomic mass is 9.96. The van der Waals surface area contributed by atoms with Gasteiger partial charge in [0.1, 0.15) is 5.78 Å².